The first kappa shape index (κ1) is 12.6. The molecule has 1 aromatic heterocycles. The molecule has 98 valence electrons. The Morgan fingerprint density at radius 3 is 3.17 bits per heavy atom. The van der Waals surface area contributed by atoms with Crippen molar-refractivity contribution in [2.45, 2.75) is 6.42 Å². The Bertz CT molecular complexity index is 450. The van der Waals surface area contributed by atoms with Gasteiger partial charge in [0, 0.05) is 26.1 Å². The number of rotatable bonds is 4. The summed E-state index contributed by atoms with van der Waals surface area (Å²) < 4.78 is 5.12. The first-order valence-electron chi connectivity index (χ1n) is 5.84. The van der Waals surface area contributed by atoms with Crippen LogP contribution in [0.15, 0.2) is 12.3 Å². The van der Waals surface area contributed by atoms with Crippen molar-refractivity contribution in [2.75, 3.05) is 37.4 Å². The van der Waals surface area contributed by atoms with Crippen LogP contribution in [-0.4, -0.2) is 42.9 Å². The molecule has 1 aliphatic rings. The van der Waals surface area contributed by atoms with Crippen molar-refractivity contribution < 1.29 is 14.6 Å². The minimum absolute atomic E-state index is 0.160. The summed E-state index contributed by atoms with van der Waals surface area (Å²) >= 11 is 0. The maximum Gasteiger partial charge on any atom is 0.339 e. The van der Waals surface area contributed by atoms with Gasteiger partial charge in [-0.15, -0.1) is 0 Å². The van der Waals surface area contributed by atoms with E-state index in [1.54, 1.807) is 7.11 Å². The molecule has 6 heteroatoms. The summed E-state index contributed by atoms with van der Waals surface area (Å²) in [5.74, 6) is -0.0775. The van der Waals surface area contributed by atoms with Crippen LogP contribution < -0.4 is 10.6 Å². The van der Waals surface area contributed by atoms with Crippen molar-refractivity contribution >= 4 is 17.5 Å². The van der Waals surface area contributed by atoms with Crippen molar-refractivity contribution in [3.05, 3.63) is 17.8 Å². The van der Waals surface area contributed by atoms with Crippen molar-refractivity contribution in [2.24, 2.45) is 5.92 Å². The lowest BCUT2D eigenvalue weighted by Crippen LogP contribution is -2.24. The fourth-order valence-electron chi connectivity index (χ4n) is 2.28. The second kappa shape index (κ2) is 5.22. The van der Waals surface area contributed by atoms with E-state index in [1.807, 2.05) is 4.90 Å². The number of hydrogen-bond acceptors (Lipinski definition) is 5. The number of nitrogens with two attached hydrogens (primary N) is 1. The van der Waals surface area contributed by atoms with Crippen LogP contribution >= 0.6 is 0 Å². The largest absolute Gasteiger partial charge is 0.478 e. The molecule has 1 aliphatic heterocycles. The second-order valence-corrected chi connectivity index (χ2v) is 4.50. The number of carbonyl (C=O) groups is 1. The van der Waals surface area contributed by atoms with Crippen LogP contribution in [0.1, 0.15) is 16.8 Å². The molecule has 2 heterocycles. The first-order valence-corrected chi connectivity index (χ1v) is 5.84. The number of nitrogens with zero attached hydrogens (tertiary/aromatic N) is 2. The third-order valence-corrected chi connectivity index (χ3v) is 3.11. The number of pyridine rings is 1. The molecule has 2 rings (SSSR count). The van der Waals surface area contributed by atoms with Gasteiger partial charge in [-0.1, -0.05) is 0 Å². The molecular weight excluding hydrogens is 234 g/mol. The summed E-state index contributed by atoms with van der Waals surface area (Å²) in [6, 6.07) is 1.45. The number of anilines is 2. The molecule has 6 nitrogen and oxygen atoms in total. The van der Waals surface area contributed by atoms with Crippen LogP contribution in [0, 0.1) is 5.92 Å². The zero-order valence-electron chi connectivity index (χ0n) is 10.3. The van der Waals surface area contributed by atoms with Gasteiger partial charge in [-0.25, -0.2) is 9.78 Å². The number of carboxylic acids is 1. The van der Waals surface area contributed by atoms with E-state index in [-0.39, 0.29) is 5.56 Å². The van der Waals surface area contributed by atoms with Crippen molar-refractivity contribution in [1.29, 1.82) is 0 Å². The molecule has 18 heavy (non-hydrogen) atoms. The molecule has 0 aliphatic carbocycles. The lowest BCUT2D eigenvalue weighted by molar-refractivity contribution is 0.0697. The number of nitrogen functional groups attached to an aromatic ring is 1. The van der Waals surface area contributed by atoms with Gasteiger partial charge < -0.3 is 20.5 Å². The highest BCUT2D eigenvalue weighted by molar-refractivity contribution is 5.94. The smallest absolute Gasteiger partial charge is 0.339 e. The predicted octanol–water partition coefficient (Wildman–Crippen LogP) is 0.835. The number of aromatic carboxylic acids is 1. The van der Waals surface area contributed by atoms with Gasteiger partial charge in [-0.05, 0) is 12.5 Å². The number of aromatic nitrogens is 1. The minimum atomic E-state index is -1.00. The van der Waals surface area contributed by atoms with Crippen molar-refractivity contribution in [3.8, 4) is 0 Å². The van der Waals surface area contributed by atoms with Crippen LogP contribution in [-0.2, 0) is 4.74 Å². The molecule has 1 unspecified atom stereocenters. The SMILES string of the molecule is COCC1CCN(c2ncc(N)cc2C(=O)O)C1. The number of carboxylic acid groups (broad SMARTS) is 1. The van der Waals surface area contributed by atoms with Gasteiger partial charge in [0.1, 0.15) is 11.4 Å². The van der Waals surface area contributed by atoms with E-state index < -0.39 is 5.97 Å². The molecule has 1 aromatic rings. The number of ether oxygens (including phenoxy) is 1. The third kappa shape index (κ3) is 2.53. The van der Waals surface area contributed by atoms with Crippen molar-refractivity contribution in [1.82, 2.24) is 4.98 Å². The number of methoxy groups -OCH3 is 1. The van der Waals surface area contributed by atoms with Crippen LogP contribution in [0.5, 0.6) is 0 Å². The first-order chi connectivity index (χ1) is 8.61. The van der Waals surface area contributed by atoms with Crippen LogP contribution in [0.2, 0.25) is 0 Å². The second-order valence-electron chi connectivity index (χ2n) is 4.50. The van der Waals surface area contributed by atoms with E-state index >= 15 is 0 Å². The molecule has 1 fully saturated rings. The third-order valence-electron chi connectivity index (χ3n) is 3.11. The Hall–Kier alpha value is -1.82. The van der Waals surface area contributed by atoms with E-state index in [0.717, 1.165) is 19.5 Å². The zero-order chi connectivity index (χ0) is 13.1. The Morgan fingerprint density at radius 1 is 1.72 bits per heavy atom. The molecule has 1 atom stereocenters. The van der Waals surface area contributed by atoms with Gasteiger partial charge in [0.05, 0.1) is 18.5 Å². The average Bonchev–Trinajstić information content (AvgIpc) is 2.78. The lowest BCUT2D eigenvalue weighted by atomic mass is 10.1. The van der Waals surface area contributed by atoms with Crippen LogP contribution in [0.4, 0.5) is 11.5 Å². The summed E-state index contributed by atoms with van der Waals surface area (Å²) in [4.78, 5) is 17.3. The van der Waals surface area contributed by atoms with Gasteiger partial charge in [0.2, 0.25) is 0 Å². The molecule has 0 radical (unpaired) electrons. The molecule has 0 aromatic carbocycles. The standard InChI is InChI=1S/C12H17N3O3/c1-18-7-8-2-3-15(6-8)11-10(12(16)17)4-9(13)5-14-11/h4-5,8H,2-3,6-7,13H2,1H3,(H,16,17). The molecule has 0 spiro atoms. The highest BCUT2D eigenvalue weighted by Gasteiger charge is 2.26. The van der Waals surface area contributed by atoms with E-state index in [2.05, 4.69) is 4.98 Å². The fraction of sp³-hybridized carbons (Fsp3) is 0.500. The van der Waals surface area contributed by atoms with Gasteiger partial charge in [-0.2, -0.15) is 0 Å². The Labute approximate surface area is 105 Å². The van der Waals surface area contributed by atoms with Crippen LogP contribution in [0.25, 0.3) is 0 Å². The molecule has 0 amide bonds. The van der Waals surface area contributed by atoms with Gasteiger partial charge >= 0.3 is 5.97 Å². The lowest BCUT2D eigenvalue weighted by Gasteiger charge is -2.19. The summed E-state index contributed by atoms with van der Waals surface area (Å²) in [6.45, 7) is 2.25. The Balaban J connectivity index is 2.21. The minimum Gasteiger partial charge on any atom is -0.478 e. The molecule has 1 saturated heterocycles. The van der Waals surface area contributed by atoms with E-state index in [9.17, 15) is 9.90 Å². The van der Waals surface area contributed by atoms with Gasteiger partial charge in [0.25, 0.3) is 0 Å². The molecular formula is C12H17N3O3. The summed E-state index contributed by atoms with van der Waals surface area (Å²) in [5.41, 5.74) is 6.10. The molecule has 0 bridgehead atoms. The normalized spacial score (nSPS) is 19.2. The highest BCUT2D eigenvalue weighted by atomic mass is 16.5. The Morgan fingerprint density at radius 2 is 2.50 bits per heavy atom. The maximum atomic E-state index is 11.2. The highest BCUT2D eigenvalue weighted by Crippen LogP contribution is 2.26. The van der Waals surface area contributed by atoms with E-state index in [0.29, 0.717) is 24.0 Å². The summed E-state index contributed by atoms with van der Waals surface area (Å²) in [7, 11) is 1.67. The monoisotopic (exact) mass is 251 g/mol. The zero-order valence-corrected chi connectivity index (χ0v) is 10.3. The van der Waals surface area contributed by atoms with E-state index in [4.69, 9.17) is 10.5 Å². The fourth-order valence-corrected chi connectivity index (χ4v) is 2.28. The van der Waals surface area contributed by atoms with E-state index in [1.165, 1.54) is 12.3 Å². The molecule has 3 N–H and O–H groups in total. The summed E-state index contributed by atoms with van der Waals surface area (Å²) in [5, 5.41) is 9.17. The van der Waals surface area contributed by atoms with Crippen LogP contribution in [0.3, 0.4) is 0 Å². The maximum absolute atomic E-state index is 11.2. The topological polar surface area (TPSA) is 88.7 Å². The van der Waals surface area contributed by atoms with Gasteiger partial charge in [0.15, 0.2) is 0 Å². The predicted molar refractivity (Wildman–Crippen MR) is 67.8 cm³/mol. The average molecular weight is 251 g/mol. The Kier molecular flexibility index (Phi) is 3.66. The van der Waals surface area contributed by atoms with Gasteiger partial charge in [-0.3, -0.25) is 0 Å². The van der Waals surface area contributed by atoms with Crippen molar-refractivity contribution in [3.63, 3.8) is 0 Å². The molecule has 0 saturated carbocycles. The summed E-state index contributed by atoms with van der Waals surface area (Å²) in [6.07, 6.45) is 2.48. The quantitative estimate of drug-likeness (QED) is 0.824. The number of hydrogen-bond donors (Lipinski definition) is 2.